The lowest BCUT2D eigenvalue weighted by atomic mass is 10.0. The van der Waals surface area contributed by atoms with Gasteiger partial charge in [0, 0.05) is 22.6 Å². The molecule has 0 aliphatic rings. The van der Waals surface area contributed by atoms with Crippen LogP contribution >= 0.6 is 11.3 Å². The Hall–Kier alpha value is -3.06. The molecular weight excluding hydrogens is 333 g/mol. The predicted molar refractivity (Wildman–Crippen MR) is 88.8 cm³/mol. The number of halogens is 1. The van der Waals surface area contributed by atoms with E-state index >= 15 is 0 Å². The van der Waals surface area contributed by atoms with E-state index in [9.17, 15) is 24.4 Å². The summed E-state index contributed by atoms with van der Waals surface area (Å²) in [6.07, 6.45) is 0. The molecule has 0 aliphatic heterocycles. The zero-order valence-electron chi connectivity index (χ0n) is 12.1. The molecule has 0 saturated carbocycles. The lowest BCUT2D eigenvalue weighted by molar-refractivity contribution is -0.384. The fourth-order valence-electron chi connectivity index (χ4n) is 2.29. The van der Waals surface area contributed by atoms with Gasteiger partial charge in [-0.1, -0.05) is 12.1 Å². The maximum Gasteiger partial charge on any atom is 0.345 e. The van der Waals surface area contributed by atoms with Crippen molar-refractivity contribution >= 4 is 23.0 Å². The minimum Gasteiger partial charge on any atom is -0.477 e. The highest BCUT2D eigenvalue weighted by Crippen LogP contribution is 2.39. The summed E-state index contributed by atoms with van der Waals surface area (Å²) in [5.74, 6) is -1.44. The molecule has 5 nitrogen and oxygen atoms in total. The Balaban J connectivity index is 2.13. The number of carboxylic acid groups (broad SMARTS) is 1. The van der Waals surface area contributed by atoms with Gasteiger partial charge in [0.25, 0.3) is 5.69 Å². The van der Waals surface area contributed by atoms with Crippen LogP contribution in [0, 0.1) is 15.9 Å². The summed E-state index contributed by atoms with van der Waals surface area (Å²) < 4.78 is 13.1. The zero-order valence-corrected chi connectivity index (χ0v) is 12.9. The molecule has 0 unspecified atom stereocenters. The summed E-state index contributed by atoms with van der Waals surface area (Å²) in [6, 6.07) is 13.1. The van der Waals surface area contributed by atoms with Crippen molar-refractivity contribution in [3.05, 3.63) is 75.4 Å². The zero-order chi connectivity index (χ0) is 17.3. The number of aromatic carboxylic acids is 1. The van der Waals surface area contributed by atoms with E-state index in [2.05, 4.69) is 0 Å². The molecule has 0 radical (unpaired) electrons. The standard InChI is InChI=1S/C17H10FNO4S/c18-12-5-1-11(2-6-12)16-14(9-15(24-16)17(20)21)10-3-7-13(8-4-10)19(22)23/h1-9H,(H,20,21). The number of nitrogens with zero attached hydrogens (tertiary/aromatic N) is 1. The van der Waals surface area contributed by atoms with Crippen molar-refractivity contribution in [3.63, 3.8) is 0 Å². The van der Waals surface area contributed by atoms with Gasteiger partial charge in [0.15, 0.2) is 0 Å². The molecule has 0 amide bonds. The van der Waals surface area contributed by atoms with E-state index < -0.39 is 10.9 Å². The van der Waals surface area contributed by atoms with Crippen molar-refractivity contribution < 1.29 is 19.2 Å². The lowest BCUT2D eigenvalue weighted by Gasteiger charge is -2.04. The molecule has 2 aromatic carbocycles. The van der Waals surface area contributed by atoms with Crippen LogP contribution in [0.2, 0.25) is 0 Å². The van der Waals surface area contributed by atoms with Gasteiger partial charge in [-0.15, -0.1) is 11.3 Å². The van der Waals surface area contributed by atoms with E-state index in [-0.39, 0.29) is 16.4 Å². The number of rotatable bonds is 4. The van der Waals surface area contributed by atoms with Gasteiger partial charge in [-0.2, -0.15) is 0 Å². The van der Waals surface area contributed by atoms with E-state index in [0.29, 0.717) is 21.6 Å². The first kappa shape index (κ1) is 15.8. The first-order valence-corrected chi connectivity index (χ1v) is 7.65. The van der Waals surface area contributed by atoms with Crippen LogP contribution in [0.1, 0.15) is 9.67 Å². The number of hydrogen-bond donors (Lipinski definition) is 1. The van der Waals surface area contributed by atoms with Gasteiger partial charge >= 0.3 is 5.97 Å². The molecular formula is C17H10FNO4S. The van der Waals surface area contributed by atoms with Crippen LogP contribution in [0.4, 0.5) is 10.1 Å². The second-order valence-corrected chi connectivity index (χ2v) is 6.02. The normalized spacial score (nSPS) is 10.5. The van der Waals surface area contributed by atoms with Gasteiger partial charge in [-0.3, -0.25) is 10.1 Å². The Morgan fingerprint density at radius 3 is 2.17 bits per heavy atom. The van der Waals surface area contributed by atoms with Crippen LogP contribution in [-0.2, 0) is 0 Å². The van der Waals surface area contributed by atoms with E-state index in [0.717, 1.165) is 11.3 Å². The molecule has 1 aromatic heterocycles. The average Bonchev–Trinajstić information content (AvgIpc) is 3.01. The lowest BCUT2D eigenvalue weighted by Crippen LogP contribution is -1.90. The van der Waals surface area contributed by atoms with Crippen molar-refractivity contribution in [2.24, 2.45) is 0 Å². The summed E-state index contributed by atoms with van der Waals surface area (Å²) in [7, 11) is 0. The summed E-state index contributed by atoms with van der Waals surface area (Å²) in [5, 5.41) is 20.0. The van der Waals surface area contributed by atoms with Crippen LogP contribution in [0.3, 0.4) is 0 Å². The summed E-state index contributed by atoms with van der Waals surface area (Å²) >= 11 is 1.08. The number of non-ortho nitro benzene ring substituents is 1. The second kappa shape index (κ2) is 6.21. The molecule has 120 valence electrons. The minimum absolute atomic E-state index is 0.0456. The number of hydrogen-bond acceptors (Lipinski definition) is 4. The summed E-state index contributed by atoms with van der Waals surface area (Å²) in [4.78, 5) is 22.4. The maximum absolute atomic E-state index is 13.1. The molecule has 0 spiro atoms. The Bertz CT molecular complexity index is 917. The van der Waals surface area contributed by atoms with Gasteiger partial charge in [-0.05, 0) is 41.5 Å². The molecule has 0 saturated heterocycles. The van der Waals surface area contributed by atoms with Crippen LogP contribution in [0.15, 0.2) is 54.6 Å². The van der Waals surface area contributed by atoms with Crippen LogP contribution in [0.5, 0.6) is 0 Å². The van der Waals surface area contributed by atoms with Crippen molar-refractivity contribution in [3.8, 4) is 21.6 Å². The molecule has 0 fully saturated rings. The van der Waals surface area contributed by atoms with Gasteiger partial charge in [0.2, 0.25) is 0 Å². The molecule has 0 atom stereocenters. The van der Waals surface area contributed by atoms with Gasteiger partial charge in [-0.25, -0.2) is 9.18 Å². The quantitative estimate of drug-likeness (QED) is 0.543. The third kappa shape index (κ3) is 3.02. The fourth-order valence-corrected chi connectivity index (χ4v) is 3.31. The number of thiophene rings is 1. The van der Waals surface area contributed by atoms with Crippen LogP contribution in [-0.4, -0.2) is 16.0 Å². The SMILES string of the molecule is O=C(O)c1cc(-c2ccc([N+](=O)[O-])cc2)c(-c2ccc(F)cc2)s1. The highest BCUT2D eigenvalue weighted by atomic mass is 32.1. The fraction of sp³-hybridized carbons (Fsp3) is 0. The topological polar surface area (TPSA) is 80.4 Å². The van der Waals surface area contributed by atoms with Gasteiger partial charge in [0.1, 0.15) is 10.7 Å². The number of nitro benzene ring substituents is 1. The molecule has 1 heterocycles. The van der Waals surface area contributed by atoms with Gasteiger partial charge < -0.3 is 5.11 Å². The molecule has 0 aliphatic carbocycles. The molecule has 3 rings (SSSR count). The molecule has 0 bridgehead atoms. The Morgan fingerprint density at radius 2 is 1.62 bits per heavy atom. The van der Waals surface area contributed by atoms with Crippen LogP contribution in [0.25, 0.3) is 21.6 Å². The molecule has 3 aromatic rings. The second-order valence-electron chi connectivity index (χ2n) is 4.97. The van der Waals surface area contributed by atoms with Crippen molar-refractivity contribution in [2.75, 3.05) is 0 Å². The van der Waals surface area contributed by atoms with Crippen molar-refractivity contribution in [1.82, 2.24) is 0 Å². The Labute approximate surface area is 139 Å². The highest BCUT2D eigenvalue weighted by molar-refractivity contribution is 7.18. The van der Waals surface area contributed by atoms with E-state index in [1.807, 2.05) is 0 Å². The third-order valence-corrected chi connectivity index (χ3v) is 4.61. The van der Waals surface area contributed by atoms with Crippen molar-refractivity contribution in [2.45, 2.75) is 0 Å². The number of benzene rings is 2. The Morgan fingerprint density at radius 1 is 1.04 bits per heavy atom. The first-order valence-electron chi connectivity index (χ1n) is 6.83. The smallest absolute Gasteiger partial charge is 0.345 e. The summed E-state index contributed by atoms with van der Waals surface area (Å²) in [5.41, 5.74) is 1.93. The molecule has 24 heavy (non-hydrogen) atoms. The van der Waals surface area contributed by atoms with E-state index in [4.69, 9.17) is 0 Å². The van der Waals surface area contributed by atoms with Gasteiger partial charge in [0.05, 0.1) is 4.92 Å². The number of carbonyl (C=O) groups is 1. The van der Waals surface area contributed by atoms with E-state index in [1.54, 1.807) is 24.3 Å². The van der Waals surface area contributed by atoms with Crippen molar-refractivity contribution in [1.29, 1.82) is 0 Å². The number of carboxylic acids is 1. The molecule has 7 heteroatoms. The van der Waals surface area contributed by atoms with Crippen LogP contribution < -0.4 is 0 Å². The highest BCUT2D eigenvalue weighted by Gasteiger charge is 2.17. The summed E-state index contributed by atoms with van der Waals surface area (Å²) in [6.45, 7) is 0. The predicted octanol–water partition coefficient (Wildman–Crippen LogP) is 4.83. The monoisotopic (exact) mass is 343 g/mol. The van der Waals surface area contributed by atoms with E-state index in [1.165, 1.54) is 30.3 Å². The Kier molecular flexibility index (Phi) is 4.09. The molecule has 1 N–H and O–H groups in total. The third-order valence-electron chi connectivity index (χ3n) is 3.44. The first-order chi connectivity index (χ1) is 11.5. The number of nitro groups is 1. The average molecular weight is 343 g/mol. The maximum atomic E-state index is 13.1. The largest absolute Gasteiger partial charge is 0.477 e. The minimum atomic E-state index is -1.06.